The van der Waals surface area contributed by atoms with Gasteiger partial charge in [0.25, 0.3) is 5.56 Å². The van der Waals surface area contributed by atoms with Crippen LogP contribution in [-0.2, 0) is 23.1 Å². The number of carbonyl (C=O) groups excluding carboxylic acids is 1. The molecule has 4 rings (SSSR count). The van der Waals surface area contributed by atoms with Gasteiger partial charge in [-0.3, -0.25) is 9.59 Å². The van der Waals surface area contributed by atoms with E-state index >= 15 is 0 Å². The first-order chi connectivity index (χ1) is 17.7. The van der Waals surface area contributed by atoms with Crippen LogP contribution in [0.3, 0.4) is 0 Å². The van der Waals surface area contributed by atoms with E-state index < -0.39 is 23.5 Å². The Bertz CT molecular complexity index is 1550. The topological polar surface area (TPSA) is 127 Å². The molecule has 0 spiro atoms. The fraction of sp³-hybridized carbons (Fsp3) is 0.360. The lowest BCUT2D eigenvalue weighted by atomic mass is 9.97. The van der Waals surface area contributed by atoms with Crippen LogP contribution >= 0.6 is 0 Å². The number of aromatic nitrogens is 6. The van der Waals surface area contributed by atoms with Crippen molar-refractivity contribution < 1.29 is 23.1 Å². The van der Waals surface area contributed by atoms with Crippen LogP contribution in [0.15, 0.2) is 41.5 Å². The van der Waals surface area contributed by atoms with Crippen molar-refractivity contribution in [3.05, 3.63) is 69.7 Å². The predicted octanol–water partition coefficient (Wildman–Crippen LogP) is 3.66. The molecule has 0 saturated carbocycles. The molecule has 200 valence electrons. The Morgan fingerprint density at radius 3 is 2.24 bits per heavy atom. The average Bonchev–Trinajstić information content (AvgIpc) is 3.27. The second-order valence-corrected chi connectivity index (χ2v) is 9.67. The molecule has 3 aromatic heterocycles. The molecule has 0 saturated heterocycles. The van der Waals surface area contributed by atoms with E-state index in [4.69, 9.17) is 0 Å². The van der Waals surface area contributed by atoms with Gasteiger partial charge in [0.2, 0.25) is 17.5 Å². The fourth-order valence-corrected chi connectivity index (χ4v) is 4.07. The van der Waals surface area contributed by atoms with E-state index in [1.807, 2.05) is 13.8 Å². The van der Waals surface area contributed by atoms with Gasteiger partial charge in [-0.15, -0.1) is 5.10 Å². The van der Waals surface area contributed by atoms with Gasteiger partial charge in [-0.2, -0.15) is 22.7 Å². The summed E-state index contributed by atoms with van der Waals surface area (Å²) in [7, 11) is 0. The number of fused-ring (bicyclic) bond motifs is 1. The lowest BCUT2D eigenvalue weighted by molar-refractivity contribution is -0.144. The quantitative estimate of drug-likeness (QED) is 0.390. The Morgan fingerprint density at radius 1 is 1.11 bits per heavy atom. The van der Waals surface area contributed by atoms with E-state index in [0.717, 1.165) is 16.9 Å². The molecule has 0 radical (unpaired) electrons. The molecule has 0 fully saturated rings. The summed E-state index contributed by atoms with van der Waals surface area (Å²) < 4.78 is 40.8. The fourth-order valence-electron chi connectivity index (χ4n) is 4.07. The summed E-state index contributed by atoms with van der Waals surface area (Å²) >= 11 is 0. The maximum absolute atomic E-state index is 13.3. The van der Waals surface area contributed by atoms with Crippen LogP contribution in [0.25, 0.3) is 17.2 Å². The standard InChI is InChI=1S/C25H26F3N7O3/c1-13(2)19-14(3)34(12-18(36)31-17-10-29-22(30-11-17)25(26,27)28)23-32-20(33-35(23)21(19)37)15-6-8-16(9-7-15)24(4,5)38/h6-11,13,38H,12H2,1-5H3,(H,31,36). The van der Waals surface area contributed by atoms with Gasteiger partial charge in [-0.25, -0.2) is 9.97 Å². The van der Waals surface area contributed by atoms with Crippen molar-refractivity contribution in [3.8, 4) is 11.4 Å². The van der Waals surface area contributed by atoms with Crippen LogP contribution < -0.4 is 10.9 Å². The number of rotatable bonds is 6. The summed E-state index contributed by atoms with van der Waals surface area (Å²) in [4.78, 5) is 37.1. The van der Waals surface area contributed by atoms with Crippen LogP contribution in [0, 0.1) is 6.92 Å². The Kier molecular flexibility index (Phi) is 6.82. The van der Waals surface area contributed by atoms with Crippen molar-refractivity contribution in [2.75, 3.05) is 5.32 Å². The molecular formula is C25H26F3N7O3. The van der Waals surface area contributed by atoms with Crippen LogP contribution in [0.2, 0.25) is 0 Å². The monoisotopic (exact) mass is 529 g/mol. The zero-order valence-electron chi connectivity index (χ0n) is 21.3. The van der Waals surface area contributed by atoms with Crippen molar-refractivity contribution in [2.45, 2.75) is 58.9 Å². The highest BCUT2D eigenvalue weighted by Gasteiger charge is 2.34. The second kappa shape index (κ2) is 9.63. The molecule has 3 heterocycles. The van der Waals surface area contributed by atoms with Gasteiger partial charge in [0.15, 0.2) is 5.82 Å². The van der Waals surface area contributed by atoms with Crippen molar-refractivity contribution in [1.29, 1.82) is 0 Å². The first-order valence-electron chi connectivity index (χ1n) is 11.7. The van der Waals surface area contributed by atoms with Crippen molar-refractivity contribution in [2.24, 2.45) is 0 Å². The number of nitrogens with zero attached hydrogens (tertiary/aromatic N) is 6. The van der Waals surface area contributed by atoms with Gasteiger partial charge in [-0.05, 0) is 32.3 Å². The number of nitrogens with one attached hydrogen (secondary N) is 1. The van der Waals surface area contributed by atoms with Gasteiger partial charge in [0, 0.05) is 16.8 Å². The third kappa shape index (κ3) is 5.28. The zero-order chi connectivity index (χ0) is 28.0. The number of hydrogen-bond acceptors (Lipinski definition) is 7. The largest absolute Gasteiger partial charge is 0.451 e. The lowest BCUT2D eigenvalue weighted by Crippen LogP contribution is -2.30. The highest BCUT2D eigenvalue weighted by Crippen LogP contribution is 2.26. The van der Waals surface area contributed by atoms with Gasteiger partial charge < -0.3 is 15.0 Å². The number of alkyl halides is 3. The molecule has 0 unspecified atom stereocenters. The molecule has 0 aliphatic carbocycles. The van der Waals surface area contributed by atoms with E-state index in [1.165, 1.54) is 4.57 Å². The highest BCUT2D eigenvalue weighted by atomic mass is 19.4. The molecule has 0 bridgehead atoms. The summed E-state index contributed by atoms with van der Waals surface area (Å²) in [6.45, 7) is 8.40. The number of hydrogen-bond donors (Lipinski definition) is 2. The molecule has 1 aromatic carbocycles. The minimum atomic E-state index is -4.70. The van der Waals surface area contributed by atoms with Crippen molar-refractivity contribution in [3.63, 3.8) is 0 Å². The van der Waals surface area contributed by atoms with Crippen molar-refractivity contribution in [1.82, 2.24) is 29.1 Å². The molecule has 10 nitrogen and oxygen atoms in total. The molecule has 4 aromatic rings. The molecule has 38 heavy (non-hydrogen) atoms. The Labute approximate surface area is 215 Å². The summed E-state index contributed by atoms with van der Waals surface area (Å²) in [5.41, 5.74) is 0.812. The Hall–Kier alpha value is -4.13. The lowest BCUT2D eigenvalue weighted by Gasteiger charge is -2.17. The van der Waals surface area contributed by atoms with E-state index in [9.17, 15) is 27.9 Å². The van der Waals surface area contributed by atoms with Crippen LogP contribution in [0.4, 0.5) is 18.9 Å². The van der Waals surface area contributed by atoms with E-state index in [-0.39, 0.29) is 35.3 Å². The minimum Gasteiger partial charge on any atom is -0.386 e. The predicted molar refractivity (Wildman–Crippen MR) is 132 cm³/mol. The molecular weight excluding hydrogens is 503 g/mol. The first kappa shape index (κ1) is 26.9. The van der Waals surface area contributed by atoms with Gasteiger partial charge in [-0.1, -0.05) is 38.1 Å². The van der Waals surface area contributed by atoms with Crippen molar-refractivity contribution >= 4 is 17.4 Å². The van der Waals surface area contributed by atoms with Crippen LogP contribution in [0.5, 0.6) is 0 Å². The molecule has 2 N–H and O–H groups in total. The van der Waals surface area contributed by atoms with Gasteiger partial charge in [0.05, 0.1) is 23.7 Å². The second-order valence-electron chi connectivity index (χ2n) is 9.67. The van der Waals surface area contributed by atoms with E-state index in [2.05, 4.69) is 25.4 Å². The molecule has 0 aliphatic rings. The maximum Gasteiger partial charge on any atom is 0.451 e. The summed E-state index contributed by atoms with van der Waals surface area (Å²) in [6, 6.07) is 6.92. The number of aliphatic hydroxyl groups is 1. The molecule has 0 aliphatic heterocycles. The smallest absolute Gasteiger partial charge is 0.386 e. The Morgan fingerprint density at radius 2 is 1.71 bits per heavy atom. The third-order valence-electron chi connectivity index (χ3n) is 5.97. The van der Waals surface area contributed by atoms with Crippen LogP contribution in [-0.4, -0.2) is 40.1 Å². The molecule has 1 amide bonds. The first-order valence-corrected chi connectivity index (χ1v) is 11.7. The summed E-state index contributed by atoms with van der Waals surface area (Å²) in [5, 5.41) is 17.1. The molecule has 0 atom stereocenters. The number of anilines is 1. The number of benzene rings is 1. The number of halogens is 3. The summed E-state index contributed by atoms with van der Waals surface area (Å²) in [5.74, 6) is -1.73. The highest BCUT2D eigenvalue weighted by molar-refractivity contribution is 5.90. The zero-order valence-corrected chi connectivity index (χ0v) is 21.3. The maximum atomic E-state index is 13.3. The molecule has 13 heteroatoms. The number of amides is 1. The normalized spacial score (nSPS) is 12.4. The van der Waals surface area contributed by atoms with Gasteiger partial charge >= 0.3 is 6.18 Å². The Balaban J connectivity index is 1.73. The van der Waals surface area contributed by atoms with Gasteiger partial charge in [0.1, 0.15) is 6.54 Å². The number of carbonyl (C=O) groups is 1. The van der Waals surface area contributed by atoms with E-state index in [0.29, 0.717) is 22.4 Å². The third-order valence-corrected chi connectivity index (χ3v) is 5.97. The average molecular weight is 530 g/mol. The summed E-state index contributed by atoms with van der Waals surface area (Å²) in [6.07, 6.45) is -2.96. The van der Waals surface area contributed by atoms with E-state index in [1.54, 1.807) is 45.0 Å². The minimum absolute atomic E-state index is 0.0177. The SMILES string of the molecule is Cc1c(C(C)C)c(=O)n2nc(-c3ccc(C(C)(C)O)cc3)nc2n1CC(=O)Nc1cnc(C(F)(F)F)nc1. The van der Waals surface area contributed by atoms with Crippen LogP contribution in [0.1, 0.15) is 56.3 Å².